The van der Waals surface area contributed by atoms with Gasteiger partial charge in [-0.15, -0.1) is 0 Å². The Bertz CT molecular complexity index is 1060. The molecule has 3 rings (SSSR count). The third-order valence-corrected chi connectivity index (χ3v) is 6.85. The van der Waals surface area contributed by atoms with E-state index in [2.05, 4.69) is 5.10 Å². The van der Waals surface area contributed by atoms with Crippen molar-refractivity contribution >= 4 is 15.8 Å². The molecule has 0 atom stereocenters. The summed E-state index contributed by atoms with van der Waals surface area (Å²) < 4.78 is 27.1. The van der Waals surface area contributed by atoms with Crippen molar-refractivity contribution in [1.29, 1.82) is 0 Å². The van der Waals surface area contributed by atoms with E-state index >= 15 is 0 Å². The summed E-state index contributed by atoms with van der Waals surface area (Å²) in [6.45, 7) is 7.37. The van der Waals surface area contributed by atoms with Crippen LogP contribution < -0.4 is 0 Å². The van der Waals surface area contributed by atoms with Gasteiger partial charge < -0.3 is 5.11 Å². The highest BCUT2D eigenvalue weighted by Gasteiger charge is 2.43. The predicted octanol–water partition coefficient (Wildman–Crippen LogP) is 2.58. The lowest BCUT2D eigenvalue weighted by molar-refractivity contribution is 0.421. The molecule has 0 saturated carbocycles. The number of carbonyl (C=O) groups excluding carboxylic acids is 1. The lowest BCUT2D eigenvalue weighted by atomic mass is 9.76. The van der Waals surface area contributed by atoms with E-state index in [1.165, 1.54) is 4.68 Å². The smallest absolute Gasteiger partial charge is 0.217 e. The molecule has 132 valence electrons. The van der Waals surface area contributed by atoms with Crippen LogP contribution in [0.4, 0.5) is 0 Å². The SMILES string of the molecule is Cc1cc(-c2cnn(C)c2O)c(C)c2c1S(=O)(=O)C(=C=O)CC2(C)C. The van der Waals surface area contributed by atoms with E-state index < -0.39 is 15.3 Å². The molecule has 0 fully saturated rings. The van der Waals surface area contributed by atoms with Gasteiger partial charge in [0.25, 0.3) is 0 Å². The molecule has 0 unspecified atom stereocenters. The minimum atomic E-state index is -3.85. The van der Waals surface area contributed by atoms with Crippen LogP contribution in [0.15, 0.2) is 22.1 Å². The first-order chi connectivity index (χ1) is 11.5. The highest BCUT2D eigenvalue weighted by Crippen LogP contribution is 2.48. The summed E-state index contributed by atoms with van der Waals surface area (Å²) in [5.41, 5.74) is 2.74. The standard InChI is InChI=1S/C18H20N2O4S/c1-10-6-13(14-8-19-20(5)17(14)22)11(2)15-16(10)25(23,24)12(9-21)7-18(15,3)4/h6,8,22H,7H2,1-5H3. The molecule has 0 aliphatic carbocycles. The van der Waals surface area contributed by atoms with Crippen LogP contribution in [0.25, 0.3) is 11.1 Å². The third-order valence-electron chi connectivity index (χ3n) is 4.91. The van der Waals surface area contributed by atoms with E-state index in [9.17, 15) is 18.3 Å². The second-order valence-corrected chi connectivity index (χ2v) is 9.07. The molecule has 1 aliphatic rings. The second-order valence-electron chi connectivity index (χ2n) is 7.16. The number of benzene rings is 1. The summed E-state index contributed by atoms with van der Waals surface area (Å²) in [5, 5.41) is 14.3. The Balaban J connectivity index is 2.46. The van der Waals surface area contributed by atoms with Crippen molar-refractivity contribution in [2.24, 2.45) is 7.05 Å². The fraction of sp³-hybridized carbons (Fsp3) is 0.389. The highest BCUT2D eigenvalue weighted by atomic mass is 32.2. The number of sulfone groups is 1. The maximum atomic E-state index is 12.8. The molecule has 0 radical (unpaired) electrons. The first kappa shape index (κ1) is 17.5. The van der Waals surface area contributed by atoms with Gasteiger partial charge in [0.1, 0.15) is 10.8 Å². The summed E-state index contributed by atoms with van der Waals surface area (Å²) in [6, 6.07) is 1.73. The number of hydrogen-bond donors (Lipinski definition) is 1. The fourth-order valence-electron chi connectivity index (χ4n) is 3.75. The Labute approximate surface area is 146 Å². The Morgan fingerprint density at radius 1 is 1.28 bits per heavy atom. The van der Waals surface area contributed by atoms with Crippen LogP contribution in [-0.2, 0) is 27.1 Å². The number of aromatic nitrogens is 2. The maximum Gasteiger partial charge on any atom is 0.217 e. The van der Waals surface area contributed by atoms with Gasteiger partial charge in [-0.2, -0.15) is 5.10 Å². The number of nitrogens with zero attached hydrogens (tertiary/aromatic N) is 2. The van der Waals surface area contributed by atoms with Gasteiger partial charge in [-0.05, 0) is 47.6 Å². The Morgan fingerprint density at radius 2 is 1.92 bits per heavy atom. The van der Waals surface area contributed by atoms with Crippen LogP contribution in [0, 0.1) is 13.8 Å². The van der Waals surface area contributed by atoms with Gasteiger partial charge in [0.15, 0.2) is 0 Å². The van der Waals surface area contributed by atoms with Gasteiger partial charge in [-0.25, -0.2) is 17.9 Å². The average Bonchev–Trinajstić information content (AvgIpc) is 2.84. The van der Waals surface area contributed by atoms with Crippen molar-refractivity contribution in [3.63, 3.8) is 0 Å². The molecule has 6 nitrogen and oxygen atoms in total. The molecular formula is C18H20N2O4S. The first-order valence-electron chi connectivity index (χ1n) is 7.87. The molecule has 2 aromatic rings. The zero-order chi connectivity index (χ0) is 18.7. The van der Waals surface area contributed by atoms with Crippen LogP contribution >= 0.6 is 0 Å². The summed E-state index contributed by atoms with van der Waals surface area (Å²) in [7, 11) is -2.22. The maximum absolute atomic E-state index is 12.8. The quantitative estimate of drug-likeness (QED) is 0.790. The molecule has 1 aromatic heterocycles. The van der Waals surface area contributed by atoms with E-state index in [4.69, 9.17) is 0 Å². The van der Waals surface area contributed by atoms with Gasteiger partial charge in [-0.3, -0.25) is 0 Å². The Kier molecular flexibility index (Phi) is 3.71. The summed E-state index contributed by atoms with van der Waals surface area (Å²) in [5.74, 6) is 1.64. The normalized spacial score (nSPS) is 17.9. The molecular weight excluding hydrogens is 340 g/mol. The largest absolute Gasteiger partial charge is 0.493 e. The van der Waals surface area contributed by atoms with Gasteiger partial charge in [0.2, 0.25) is 15.7 Å². The summed E-state index contributed by atoms with van der Waals surface area (Å²) in [6.07, 6.45) is 1.67. The number of rotatable bonds is 1. The van der Waals surface area contributed by atoms with Crippen molar-refractivity contribution < 1.29 is 18.3 Å². The molecule has 2 heterocycles. The number of fused-ring (bicyclic) bond motifs is 1. The van der Waals surface area contributed by atoms with Gasteiger partial charge >= 0.3 is 0 Å². The molecule has 0 spiro atoms. The molecule has 1 aliphatic heterocycles. The molecule has 7 heteroatoms. The molecule has 0 saturated heterocycles. The number of aromatic hydroxyl groups is 1. The molecule has 0 bridgehead atoms. The van der Waals surface area contributed by atoms with E-state index in [0.29, 0.717) is 16.7 Å². The van der Waals surface area contributed by atoms with Crippen LogP contribution in [0.2, 0.25) is 0 Å². The van der Waals surface area contributed by atoms with E-state index in [0.717, 1.165) is 11.1 Å². The van der Waals surface area contributed by atoms with E-state index in [-0.39, 0.29) is 22.1 Å². The Morgan fingerprint density at radius 3 is 2.44 bits per heavy atom. The summed E-state index contributed by atoms with van der Waals surface area (Å²) in [4.78, 5) is 11.2. The first-order valence-corrected chi connectivity index (χ1v) is 9.35. The van der Waals surface area contributed by atoms with Crippen molar-refractivity contribution in [3.8, 4) is 17.0 Å². The van der Waals surface area contributed by atoms with Gasteiger partial charge in [0, 0.05) is 13.5 Å². The number of aryl methyl sites for hydroxylation is 2. The number of hydrogen-bond acceptors (Lipinski definition) is 5. The van der Waals surface area contributed by atoms with Crippen LogP contribution in [-0.4, -0.2) is 29.2 Å². The highest BCUT2D eigenvalue weighted by molar-refractivity contribution is 7.95. The molecule has 0 amide bonds. The summed E-state index contributed by atoms with van der Waals surface area (Å²) >= 11 is 0. The minimum absolute atomic E-state index is 0.0207. The monoisotopic (exact) mass is 360 g/mol. The van der Waals surface area contributed by atoms with E-state index in [1.807, 2.05) is 20.8 Å². The van der Waals surface area contributed by atoms with Crippen LogP contribution in [0.3, 0.4) is 0 Å². The third kappa shape index (κ3) is 2.34. The van der Waals surface area contributed by atoms with E-state index in [1.54, 1.807) is 32.2 Å². The lowest BCUT2D eigenvalue weighted by Gasteiger charge is -2.35. The van der Waals surface area contributed by atoms with Gasteiger partial charge in [-0.1, -0.05) is 13.8 Å². The van der Waals surface area contributed by atoms with Crippen molar-refractivity contribution in [2.75, 3.05) is 0 Å². The van der Waals surface area contributed by atoms with Crippen LogP contribution in [0.1, 0.15) is 37.0 Å². The number of allylic oxidation sites excluding steroid dienone is 1. The van der Waals surface area contributed by atoms with Crippen molar-refractivity contribution in [2.45, 2.75) is 44.4 Å². The average molecular weight is 360 g/mol. The van der Waals surface area contributed by atoms with Crippen LogP contribution in [0.5, 0.6) is 5.88 Å². The minimum Gasteiger partial charge on any atom is -0.493 e. The lowest BCUT2D eigenvalue weighted by Crippen LogP contribution is -2.31. The molecule has 1 aromatic carbocycles. The van der Waals surface area contributed by atoms with Crippen molar-refractivity contribution in [3.05, 3.63) is 33.9 Å². The zero-order valence-corrected chi connectivity index (χ0v) is 15.7. The predicted molar refractivity (Wildman–Crippen MR) is 93.8 cm³/mol. The second kappa shape index (κ2) is 5.31. The van der Waals surface area contributed by atoms with Gasteiger partial charge in [0.05, 0.1) is 16.7 Å². The molecule has 25 heavy (non-hydrogen) atoms. The Hall–Kier alpha value is -2.37. The topological polar surface area (TPSA) is 89.3 Å². The zero-order valence-electron chi connectivity index (χ0n) is 14.8. The fourth-order valence-corrected chi connectivity index (χ4v) is 5.84. The molecule has 1 N–H and O–H groups in total. The van der Waals surface area contributed by atoms with Crippen molar-refractivity contribution in [1.82, 2.24) is 9.78 Å².